The minimum absolute atomic E-state index is 0.00554. The molecule has 0 saturated heterocycles. The van der Waals surface area contributed by atoms with E-state index in [1.54, 1.807) is 12.1 Å². The predicted molar refractivity (Wildman–Crippen MR) is 76.7 cm³/mol. The molecule has 0 atom stereocenters. The third-order valence-electron chi connectivity index (χ3n) is 2.71. The molecule has 0 aliphatic carbocycles. The van der Waals surface area contributed by atoms with E-state index in [1.807, 2.05) is 6.92 Å². The Kier molecular flexibility index (Phi) is 3.76. The Balaban J connectivity index is 2.31. The zero-order chi connectivity index (χ0) is 14.0. The van der Waals surface area contributed by atoms with E-state index >= 15 is 0 Å². The number of nitrogens with one attached hydrogen (secondary N) is 1. The first-order valence-electron chi connectivity index (χ1n) is 5.60. The normalized spacial score (nSPS) is 10.3. The van der Waals surface area contributed by atoms with Crippen molar-refractivity contribution in [3.05, 3.63) is 59.2 Å². The van der Waals surface area contributed by atoms with Crippen LogP contribution in [0.5, 0.6) is 0 Å². The van der Waals surface area contributed by atoms with Crippen LogP contribution in [0.15, 0.2) is 36.4 Å². The lowest BCUT2D eigenvalue weighted by Crippen LogP contribution is -2.11. The summed E-state index contributed by atoms with van der Waals surface area (Å²) in [4.78, 5) is 0.00554. The van der Waals surface area contributed by atoms with Crippen LogP contribution in [0.4, 0.5) is 20.2 Å². The van der Waals surface area contributed by atoms with Crippen LogP contribution < -0.4 is 11.1 Å². The van der Waals surface area contributed by atoms with Crippen molar-refractivity contribution in [2.75, 3.05) is 5.32 Å². The van der Waals surface area contributed by atoms with Crippen LogP contribution >= 0.6 is 12.2 Å². The Hall–Kier alpha value is -2.01. The second-order valence-electron chi connectivity index (χ2n) is 4.14. The lowest BCUT2D eigenvalue weighted by Gasteiger charge is -2.11. The highest BCUT2D eigenvalue weighted by Gasteiger charge is 2.07. The van der Waals surface area contributed by atoms with Gasteiger partial charge in [-0.15, -0.1) is 0 Å². The van der Waals surface area contributed by atoms with Crippen molar-refractivity contribution < 1.29 is 8.78 Å². The average molecular weight is 278 g/mol. The Morgan fingerprint density at radius 1 is 1.16 bits per heavy atom. The lowest BCUT2D eigenvalue weighted by molar-refractivity contribution is 0.626. The molecule has 19 heavy (non-hydrogen) atoms. The second-order valence-corrected chi connectivity index (χ2v) is 4.58. The number of halogens is 2. The SMILES string of the molecule is Cc1ccc(F)cc1Nc1ccc(C(N)=S)c(F)c1. The van der Waals surface area contributed by atoms with E-state index in [4.69, 9.17) is 18.0 Å². The molecule has 0 aliphatic rings. The van der Waals surface area contributed by atoms with Gasteiger partial charge in [-0.2, -0.15) is 0 Å². The van der Waals surface area contributed by atoms with Crippen LogP contribution in [0.3, 0.4) is 0 Å². The van der Waals surface area contributed by atoms with Crippen LogP contribution in [-0.2, 0) is 0 Å². The molecule has 0 spiro atoms. The zero-order valence-corrected chi connectivity index (χ0v) is 11.0. The average Bonchev–Trinajstić information content (AvgIpc) is 2.33. The summed E-state index contributed by atoms with van der Waals surface area (Å²) < 4.78 is 26.9. The maximum Gasteiger partial charge on any atom is 0.135 e. The minimum atomic E-state index is -0.508. The molecule has 3 N–H and O–H groups in total. The lowest BCUT2D eigenvalue weighted by atomic mass is 10.1. The molecule has 0 heterocycles. The fraction of sp³-hybridized carbons (Fsp3) is 0.0714. The molecule has 2 aromatic rings. The number of benzene rings is 2. The summed E-state index contributed by atoms with van der Waals surface area (Å²) in [6, 6.07) is 8.79. The highest BCUT2D eigenvalue weighted by Crippen LogP contribution is 2.23. The van der Waals surface area contributed by atoms with Gasteiger partial charge in [-0.3, -0.25) is 0 Å². The molecular formula is C14H12F2N2S. The first-order valence-corrected chi connectivity index (χ1v) is 6.01. The van der Waals surface area contributed by atoms with Crippen LogP contribution in [0.1, 0.15) is 11.1 Å². The highest BCUT2D eigenvalue weighted by atomic mass is 32.1. The maximum absolute atomic E-state index is 13.7. The smallest absolute Gasteiger partial charge is 0.135 e. The van der Waals surface area contributed by atoms with Crippen LogP contribution in [0.25, 0.3) is 0 Å². The number of thiocarbonyl (C=S) groups is 1. The number of anilines is 2. The molecule has 0 amide bonds. The molecule has 2 aromatic carbocycles. The number of rotatable bonds is 3. The van der Waals surface area contributed by atoms with Gasteiger partial charge in [0, 0.05) is 16.9 Å². The molecule has 0 aromatic heterocycles. The van der Waals surface area contributed by atoms with Crippen LogP contribution in [0.2, 0.25) is 0 Å². The molecule has 2 nitrogen and oxygen atoms in total. The van der Waals surface area contributed by atoms with E-state index < -0.39 is 5.82 Å². The van der Waals surface area contributed by atoms with Gasteiger partial charge in [-0.1, -0.05) is 18.3 Å². The van der Waals surface area contributed by atoms with Gasteiger partial charge in [0.2, 0.25) is 0 Å². The molecular weight excluding hydrogens is 266 g/mol. The summed E-state index contributed by atoms with van der Waals surface area (Å²) in [5.74, 6) is -0.861. The van der Waals surface area contributed by atoms with Gasteiger partial charge in [0.25, 0.3) is 0 Å². The molecule has 0 aliphatic heterocycles. The van der Waals surface area contributed by atoms with Crippen molar-refractivity contribution in [2.45, 2.75) is 6.92 Å². The molecule has 5 heteroatoms. The van der Waals surface area contributed by atoms with Crippen molar-refractivity contribution in [1.82, 2.24) is 0 Å². The van der Waals surface area contributed by atoms with Crippen molar-refractivity contribution in [2.24, 2.45) is 5.73 Å². The van der Waals surface area contributed by atoms with E-state index in [0.29, 0.717) is 11.4 Å². The largest absolute Gasteiger partial charge is 0.389 e. The summed E-state index contributed by atoms with van der Waals surface area (Å²) in [5.41, 5.74) is 7.53. The first-order chi connectivity index (χ1) is 8.97. The molecule has 0 unspecified atom stereocenters. The number of aryl methyl sites for hydroxylation is 1. The number of nitrogens with two attached hydrogens (primary N) is 1. The first kappa shape index (κ1) is 13.4. The third-order valence-corrected chi connectivity index (χ3v) is 2.93. The van der Waals surface area contributed by atoms with E-state index in [1.165, 1.54) is 24.3 Å². The molecule has 0 radical (unpaired) electrons. The number of hydrogen-bond acceptors (Lipinski definition) is 2. The monoisotopic (exact) mass is 278 g/mol. The maximum atomic E-state index is 13.7. The molecule has 0 bridgehead atoms. The second kappa shape index (κ2) is 5.32. The summed E-state index contributed by atoms with van der Waals surface area (Å²) in [6.45, 7) is 1.83. The van der Waals surface area contributed by atoms with E-state index in [-0.39, 0.29) is 16.4 Å². The van der Waals surface area contributed by atoms with Crippen molar-refractivity contribution >= 4 is 28.6 Å². The molecule has 2 rings (SSSR count). The highest BCUT2D eigenvalue weighted by molar-refractivity contribution is 7.80. The standard InChI is InChI=1S/C14H12F2N2S/c1-8-2-3-9(15)6-13(8)18-10-4-5-11(14(17)19)12(16)7-10/h2-7,18H,1H3,(H2,17,19). The van der Waals surface area contributed by atoms with E-state index in [0.717, 1.165) is 5.56 Å². The van der Waals surface area contributed by atoms with Crippen LogP contribution in [0, 0.1) is 18.6 Å². The summed E-state index contributed by atoms with van der Waals surface area (Å²) in [5, 5.41) is 2.96. The fourth-order valence-corrected chi connectivity index (χ4v) is 1.84. The summed E-state index contributed by atoms with van der Waals surface area (Å²) >= 11 is 4.73. The van der Waals surface area contributed by atoms with Crippen molar-refractivity contribution in [1.29, 1.82) is 0 Å². The van der Waals surface area contributed by atoms with Gasteiger partial charge >= 0.3 is 0 Å². The third kappa shape index (κ3) is 3.06. The Morgan fingerprint density at radius 3 is 2.53 bits per heavy atom. The Bertz CT molecular complexity index is 641. The topological polar surface area (TPSA) is 38.0 Å². The van der Waals surface area contributed by atoms with Crippen molar-refractivity contribution in [3.8, 4) is 0 Å². The molecule has 0 fully saturated rings. The van der Waals surface area contributed by atoms with Gasteiger partial charge in [-0.05, 0) is 42.8 Å². The fourth-order valence-electron chi connectivity index (χ4n) is 1.68. The summed E-state index contributed by atoms with van der Waals surface area (Å²) in [6.07, 6.45) is 0. The van der Waals surface area contributed by atoms with Gasteiger partial charge < -0.3 is 11.1 Å². The van der Waals surface area contributed by atoms with Gasteiger partial charge in [-0.25, -0.2) is 8.78 Å². The Morgan fingerprint density at radius 2 is 1.89 bits per heavy atom. The number of hydrogen-bond donors (Lipinski definition) is 2. The van der Waals surface area contributed by atoms with Crippen molar-refractivity contribution in [3.63, 3.8) is 0 Å². The van der Waals surface area contributed by atoms with E-state index in [2.05, 4.69) is 5.32 Å². The summed E-state index contributed by atoms with van der Waals surface area (Å²) in [7, 11) is 0. The predicted octanol–water partition coefficient (Wildman–Crippen LogP) is 3.65. The van der Waals surface area contributed by atoms with Crippen LogP contribution in [-0.4, -0.2) is 4.99 Å². The Labute approximate surface area is 115 Å². The molecule has 0 saturated carbocycles. The zero-order valence-electron chi connectivity index (χ0n) is 10.2. The van der Waals surface area contributed by atoms with Gasteiger partial charge in [0.1, 0.15) is 16.6 Å². The quantitative estimate of drug-likeness (QED) is 0.842. The van der Waals surface area contributed by atoms with Gasteiger partial charge in [0.05, 0.1) is 0 Å². The molecule has 98 valence electrons. The van der Waals surface area contributed by atoms with Gasteiger partial charge in [0.15, 0.2) is 0 Å². The minimum Gasteiger partial charge on any atom is -0.389 e. The van der Waals surface area contributed by atoms with E-state index in [9.17, 15) is 8.78 Å².